The molecule has 2 aromatic rings. The molecule has 2 N–H and O–H groups in total. The molecule has 3 rings (SSSR count). The fourth-order valence-corrected chi connectivity index (χ4v) is 4.78. The number of rotatable bonds is 8. The third-order valence-corrected chi connectivity index (χ3v) is 7.09. The third-order valence-electron chi connectivity index (χ3n) is 4.94. The number of ether oxygens (including phenoxy) is 1. The van der Waals surface area contributed by atoms with Crippen LogP contribution in [0.1, 0.15) is 29.6 Å². The zero-order valence-corrected chi connectivity index (χ0v) is 19.3. The number of methoxy groups -OCH3 is 1. The molecule has 0 aliphatic carbocycles. The first-order valence-electron chi connectivity index (χ1n) is 9.85. The van der Waals surface area contributed by atoms with Gasteiger partial charge in [-0.05, 0) is 77.7 Å². The monoisotopic (exact) mass is 495 g/mol. The molecular formula is C21H26BrN3O4S. The van der Waals surface area contributed by atoms with E-state index in [0.29, 0.717) is 10.2 Å². The highest BCUT2D eigenvalue weighted by Crippen LogP contribution is 2.24. The highest BCUT2D eigenvalue weighted by molar-refractivity contribution is 9.10. The smallest absolute Gasteiger partial charge is 0.256 e. The van der Waals surface area contributed by atoms with Crippen LogP contribution < -0.4 is 14.9 Å². The van der Waals surface area contributed by atoms with Crippen molar-refractivity contribution >= 4 is 43.2 Å². The molecule has 162 valence electrons. The van der Waals surface area contributed by atoms with Gasteiger partial charge in [-0.3, -0.25) is 4.79 Å². The number of benzene rings is 2. The number of carbonyl (C=O) groups excluding carboxylic acids is 1. The van der Waals surface area contributed by atoms with Crippen LogP contribution in [0.3, 0.4) is 0 Å². The Kier molecular flexibility index (Phi) is 7.87. The SMILES string of the molecule is COCCNS(=O)(=O)c1ccc(Br)c(C(=O)Nc2ccc(N3CCCCC3)cc2)c1. The van der Waals surface area contributed by atoms with E-state index in [0.717, 1.165) is 18.8 Å². The lowest BCUT2D eigenvalue weighted by molar-refractivity contribution is 0.102. The normalized spacial score (nSPS) is 14.5. The molecule has 0 aromatic heterocycles. The second-order valence-electron chi connectivity index (χ2n) is 7.08. The molecule has 0 saturated carbocycles. The van der Waals surface area contributed by atoms with E-state index in [1.807, 2.05) is 24.3 Å². The van der Waals surface area contributed by atoms with Crippen LogP contribution in [0.2, 0.25) is 0 Å². The lowest BCUT2D eigenvalue weighted by Gasteiger charge is -2.28. The summed E-state index contributed by atoms with van der Waals surface area (Å²) < 4.78 is 32.7. The van der Waals surface area contributed by atoms with Crippen LogP contribution in [0.15, 0.2) is 51.8 Å². The highest BCUT2D eigenvalue weighted by Gasteiger charge is 2.19. The first-order valence-corrected chi connectivity index (χ1v) is 12.1. The summed E-state index contributed by atoms with van der Waals surface area (Å²) >= 11 is 3.34. The molecule has 2 aromatic carbocycles. The Morgan fingerprint density at radius 1 is 1.10 bits per heavy atom. The van der Waals surface area contributed by atoms with Crippen molar-refractivity contribution in [1.29, 1.82) is 0 Å². The molecule has 1 aliphatic heterocycles. The lowest BCUT2D eigenvalue weighted by Crippen LogP contribution is -2.29. The zero-order valence-electron chi connectivity index (χ0n) is 16.9. The average Bonchev–Trinajstić information content (AvgIpc) is 2.75. The van der Waals surface area contributed by atoms with Crippen molar-refractivity contribution in [1.82, 2.24) is 4.72 Å². The van der Waals surface area contributed by atoms with E-state index in [2.05, 4.69) is 30.9 Å². The maximum Gasteiger partial charge on any atom is 0.256 e. The van der Waals surface area contributed by atoms with Gasteiger partial charge < -0.3 is 15.0 Å². The average molecular weight is 496 g/mol. The molecule has 0 spiro atoms. The maximum absolute atomic E-state index is 12.8. The summed E-state index contributed by atoms with van der Waals surface area (Å²) in [7, 11) is -2.24. The summed E-state index contributed by atoms with van der Waals surface area (Å²) in [6.45, 7) is 2.52. The Morgan fingerprint density at radius 2 is 1.80 bits per heavy atom. The van der Waals surface area contributed by atoms with Crippen LogP contribution >= 0.6 is 15.9 Å². The van der Waals surface area contributed by atoms with E-state index in [9.17, 15) is 13.2 Å². The van der Waals surface area contributed by atoms with E-state index < -0.39 is 10.0 Å². The van der Waals surface area contributed by atoms with Crippen LogP contribution in [0, 0.1) is 0 Å². The minimum absolute atomic E-state index is 0.0207. The van der Waals surface area contributed by atoms with Gasteiger partial charge in [0, 0.05) is 42.6 Å². The van der Waals surface area contributed by atoms with Crippen LogP contribution in [0.25, 0.3) is 0 Å². The number of sulfonamides is 1. The second kappa shape index (κ2) is 10.4. The van der Waals surface area contributed by atoms with Gasteiger partial charge in [0.1, 0.15) is 0 Å². The second-order valence-corrected chi connectivity index (χ2v) is 9.70. The number of anilines is 2. The number of hydrogen-bond acceptors (Lipinski definition) is 5. The molecule has 1 amide bonds. The minimum atomic E-state index is -3.73. The molecule has 30 heavy (non-hydrogen) atoms. The molecule has 0 atom stereocenters. The Balaban J connectivity index is 1.71. The number of amides is 1. The van der Waals surface area contributed by atoms with Gasteiger partial charge in [-0.25, -0.2) is 13.1 Å². The molecule has 0 radical (unpaired) electrons. The van der Waals surface area contributed by atoms with Gasteiger partial charge >= 0.3 is 0 Å². The van der Waals surface area contributed by atoms with Crippen molar-refractivity contribution in [2.75, 3.05) is 43.6 Å². The Morgan fingerprint density at radius 3 is 2.47 bits per heavy atom. The molecule has 7 nitrogen and oxygen atoms in total. The van der Waals surface area contributed by atoms with Crippen molar-refractivity contribution in [2.24, 2.45) is 0 Å². The van der Waals surface area contributed by atoms with E-state index in [1.165, 1.54) is 38.5 Å². The van der Waals surface area contributed by atoms with E-state index >= 15 is 0 Å². The fourth-order valence-electron chi connectivity index (χ4n) is 3.31. The number of nitrogens with zero attached hydrogens (tertiary/aromatic N) is 1. The number of nitrogens with one attached hydrogen (secondary N) is 2. The van der Waals surface area contributed by atoms with Crippen LogP contribution in [-0.4, -0.2) is 47.7 Å². The van der Waals surface area contributed by atoms with Crippen molar-refractivity contribution in [2.45, 2.75) is 24.2 Å². The summed E-state index contributed by atoms with van der Waals surface area (Å²) in [5.74, 6) is -0.387. The minimum Gasteiger partial charge on any atom is -0.383 e. The van der Waals surface area contributed by atoms with Gasteiger partial charge in [-0.2, -0.15) is 0 Å². The highest BCUT2D eigenvalue weighted by atomic mass is 79.9. The molecule has 1 saturated heterocycles. The topological polar surface area (TPSA) is 87.7 Å². The molecule has 1 heterocycles. The third kappa shape index (κ3) is 5.81. The lowest BCUT2D eigenvalue weighted by atomic mass is 10.1. The van der Waals surface area contributed by atoms with Gasteiger partial charge in [0.15, 0.2) is 0 Å². The van der Waals surface area contributed by atoms with Crippen molar-refractivity contribution in [3.8, 4) is 0 Å². The number of carbonyl (C=O) groups is 1. The number of hydrogen-bond donors (Lipinski definition) is 2. The summed E-state index contributed by atoms with van der Waals surface area (Å²) in [5, 5.41) is 2.84. The predicted octanol–water partition coefficient (Wildman–Crippen LogP) is 3.62. The Bertz CT molecular complexity index is 974. The van der Waals surface area contributed by atoms with Crippen LogP contribution in [0.5, 0.6) is 0 Å². The summed E-state index contributed by atoms with van der Waals surface area (Å²) in [5.41, 5.74) is 2.04. The quantitative estimate of drug-likeness (QED) is 0.546. The van der Waals surface area contributed by atoms with Crippen LogP contribution in [-0.2, 0) is 14.8 Å². The van der Waals surface area contributed by atoms with E-state index in [4.69, 9.17) is 4.74 Å². The van der Waals surface area contributed by atoms with Gasteiger partial charge in [-0.1, -0.05) is 0 Å². The Labute approximate surface area is 186 Å². The van der Waals surface area contributed by atoms with Gasteiger partial charge in [0.25, 0.3) is 5.91 Å². The largest absolute Gasteiger partial charge is 0.383 e. The first-order chi connectivity index (χ1) is 14.4. The maximum atomic E-state index is 12.8. The summed E-state index contributed by atoms with van der Waals surface area (Å²) in [6, 6.07) is 12.1. The number of halogens is 1. The molecule has 1 fully saturated rings. The zero-order chi connectivity index (χ0) is 21.6. The first kappa shape index (κ1) is 22.7. The van der Waals surface area contributed by atoms with Crippen molar-refractivity contribution in [3.63, 3.8) is 0 Å². The molecule has 9 heteroatoms. The van der Waals surface area contributed by atoms with Crippen molar-refractivity contribution < 1.29 is 17.9 Å². The van der Waals surface area contributed by atoms with Gasteiger partial charge in [-0.15, -0.1) is 0 Å². The summed E-state index contributed by atoms with van der Waals surface area (Å²) in [4.78, 5) is 15.1. The molecular weight excluding hydrogens is 470 g/mol. The molecule has 0 bridgehead atoms. The fraction of sp³-hybridized carbons (Fsp3) is 0.381. The predicted molar refractivity (Wildman–Crippen MR) is 122 cm³/mol. The van der Waals surface area contributed by atoms with Crippen LogP contribution in [0.4, 0.5) is 11.4 Å². The number of piperidine rings is 1. The standard InChI is InChI=1S/C21H26BrN3O4S/c1-29-14-11-23-30(27,28)18-9-10-20(22)19(15-18)21(26)24-16-5-7-17(8-6-16)25-12-3-2-4-13-25/h5-10,15,23H,2-4,11-14H2,1H3,(H,24,26). The Hall–Kier alpha value is -1.94. The van der Waals surface area contributed by atoms with Gasteiger partial charge in [0.2, 0.25) is 10.0 Å². The molecule has 0 unspecified atom stereocenters. The van der Waals surface area contributed by atoms with Crippen molar-refractivity contribution in [3.05, 3.63) is 52.5 Å². The van der Waals surface area contributed by atoms with E-state index in [1.54, 1.807) is 6.07 Å². The van der Waals surface area contributed by atoms with E-state index in [-0.39, 0.29) is 29.5 Å². The summed E-state index contributed by atoms with van der Waals surface area (Å²) in [6.07, 6.45) is 3.67. The van der Waals surface area contributed by atoms with Gasteiger partial charge in [0.05, 0.1) is 17.1 Å². The molecule has 1 aliphatic rings.